The monoisotopic (exact) mass is 522 g/mol. The number of amides is 1. The summed E-state index contributed by atoms with van der Waals surface area (Å²) in [5.74, 6) is -0.264. The van der Waals surface area contributed by atoms with E-state index in [0.29, 0.717) is 44.3 Å². The predicted molar refractivity (Wildman–Crippen MR) is 138 cm³/mol. The molecule has 0 atom stereocenters. The number of hydrogen-bond donors (Lipinski definition) is 0. The van der Waals surface area contributed by atoms with Gasteiger partial charge in [-0.05, 0) is 37.6 Å². The van der Waals surface area contributed by atoms with Gasteiger partial charge in [-0.15, -0.1) is 0 Å². The Bertz CT molecular complexity index is 1150. The van der Waals surface area contributed by atoms with Gasteiger partial charge in [0.1, 0.15) is 0 Å². The molecule has 4 rings (SSSR count). The zero-order chi connectivity index (χ0) is 25.2. The molecule has 2 aromatic rings. The molecule has 192 valence electrons. The fraction of sp³-hybridized carbons (Fsp3) is 0.583. The molecule has 0 N–H and O–H groups in total. The van der Waals surface area contributed by atoms with Gasteiger partial charge in [-0.3, -0.25) is 14.4 Å². The summed E-state index contributed by atoms with van der Waals surface area (Å²) in [6.07, 6.45) is 3.82. The minimum atomic E-state index is -3.91. The highest BCUT2D eigenvalue weighted by atomic mass is 35.5. The summed E-state index contributed by atoms with van der Waals surface area (Å²) < 4.78 is 30.0. The van der Waals surface area contributed by atoms with Gasteiger partial charge in [0.2, 0.25) is 5.03 Å². The van der Waals surface area contributed by atoms with Crippen LogP contribution in [0.4, 0.5) is 5.69 Å². The molecular weight excluding hydrogens is 488 g/mol. The summed E-state index contributed by atoms with van der Waals surface area (Å²) in [6, 6.07) is 5.74. The molecule has 0 aliphatic carbocycles. The van der Waals surface area contributed by atoms with E-state index in [-0.39, 0.29) is 16.5 Å². The number of hydrogen-bond acceptors (Lipinski definition) is 6. The number of nitrogens with zero attached hydrogens (tertiary/aromatic N) is 6. The van der Waals surface area contributed by atoms with Gasteiger partial charge in [0.15, 0.2) is 0 Å². The van der Waals surface area contributed by atoms with Crippen molar-refractivity contribution < 1.29 is 13.2 Å². The lowest BCUT2D eigenvalue weighted by atomic mass is 10.1. The van der Waals surface area contributed by atoms with Crippen molar-refractivity contribution in [1.82, 2.24) is 23.9 Å². The third-order valence-corrected chi connectivity index (χ3v) is 8.92. The van der Waals surface area contributed by atoms with Crippen LogP contribution >= 0.6 is 11.6 Å². The Labute approximate surface area is 213 Å². The Morgan fingerprint density at radius 2 is 1.74 bits per heavy atom. The second kappa shape index (κ2) is 10.9. The molecule has 2 fully saturated rings. The maximum Gasteiger partial charge on any atom is 0.263 e. The molecule has 35 heavy (non-hydrogen) atoms. The SMILES string of the molecule is CCCCN1CCN(C(=O)c2cn(C)nc2S(=O)(=O)N2CCN(c3cc(Cl)ccc3C)CC2)CC1. The molecule has 0 spiro atoms. The van der Waals surface area contributed by atoms with Crippen LogP contribution in [-0.4, -0.2) is 97.1 Å². The second-order valence-corrected chi connectivity index (χ2v) is 11.6. The Morgan fingerprint density at radius 1 is 1.06 bits per heavy atom. The molecular formula is C24H35ClN6O3S. The van der Waals surface area contributed by atoms with Gasteiger partial charge in [0.05, 0.1) is 5.56 Å². The molecule has 2 aliphatic heterocycles. The van der Waals surface area contributed by atoms with Crippen LogP contribution in [0.1, 0.15) is 35.7 Å². The fourth-order valence-corrected chi connectivity index (χ4v) is 6.45. The molecule has 0 radical (unpaired) electrons. The number of rotatable bonds is 7. The van der Waals surface area contributed by atoms with Gasteiger partial charge >= 0.3 is 0 Å². The van der Waals surface area contributed by atoms with E-state index in [0.717, 1.165) is 43.7 Å². The van der Waals surface area contributed by atoms with Crippen molar-refractivity contribution in [3.63, 3.8) is 0 Å². The first-order chi connectivity index (χ1) is 16.7. The van der Waals surface area contributed by atoms with Gasteiger partial charge < -0.3 is 9.80 Å². The van der Waals surface area contributed by atoms with Crippen molar-refractivity contribution in [3.05, 3.63) is 40.5 Å². The van der Waals surface area contributed by atoms with Crippen LogP contribution in [0.5, 0.6) is 0 Å². The van der Waals surface area contributed by atoms with E-state index in [9.17, 15) is 13.2 Å². The van der Waals surface area contributed by atoms with E-state index in [1.165, 1.54) is 15.2 Å². The van der Waals surface area contributed by atoms with Gasteiger partial charge in [-0.2, -0.15) is 9.40 Å². The summed E-state index contributed by atoms with van der Waals surface area (Å²) in [4.78, 5) is 19.6. The zero-order valence-electron chi connectivity index (χ0n) is 20.8. The lowest BCUT2D eigenvalue weighted by Gasteiger charge is -2.36. The first kappa shape index (κ1) is 25.9. The number of carbonyl (C=O) groups is 1. The van der Waals surface area contributed by atoms with Crippen molar-refractivity contribution in [2.24, 2.45) is 7.05 Å². The molecule has 3 heterocycles. The van der Waals surface area contributed by atoms with Crippen LogP contribution in [-0.2, 0) is 17.1 Å². The first-order valence-corrected chi connectivity index (χ1v) is 14.1. The molecule has 0 saturated carbocycles. The number of aromatic nitrogens is 2. The summed E-state index contributed by atoms with van der Waals surface area (Å²) >= 11 is 6.18. The van der Waals surface area contributed by atoms with Crippen molar-refractivity contribution >= 4 is 33.2 Å². The van der Waals surface area contributed by atoms with Crippen LogP contribution in [0.2, 0.25) is 5.02 Å². The Hall–Kier alpha value is -2.14. The van der Waals surface area contributed by atoms with Gasteiger partial charge in [-0.1, -0.05) is 31.0 Å². The molecule has 2 aliphatic rings. The molecule has 9 nitrogen and oxygen atoms in total. The number of sulfonamides is 1. The quantitative estimate of drug-likeness (QED) is 0.555. The Kier molecular flexibility index (Phi) is 8.05. The molecule has 0 unspecified atom stereocenters. The van der Waals surface area contributed by atoms with Gasteiger partial charge in [0.25, 0.3) is 15.9 Å². The average Bonchev–Trinajstić information content (AvgIpc) is 3.26. The molecule has 2 saturated heterocycles. The topological polar surface area (TPSA) is 82.0 Å². The lowest BCUT2D eigenvalue weighted by Crippen LogP contribution is -2.50. The van der Waals surface area contributed by atoms with Crippen molar-refractivity contribution in [3.8, 4) is 0 Å². The van der Waals surface area contributed by atoms with E-state index in [1.54, 1.807) is 11.9 Å². The number of aryl methyl sites for hydroxylation is 2. The van der Waals surface area contributed by atoms with Gasteiger partial charge in [-0.25, -0.2) is 8.42 Å². The predicted octanol–water partition coefficient (Wildman–Crippen LogP) is 2.45. The number of halogens is 1. The van der Waals surface area contributed by atoms with Crippen molar-refractivity contribution in [2.45, 2.75) is 31.7 Å². The first-order valence-electron chi connectivity index (χ1n) is 12.3. The minimum Gasteiger partial charge on any atom is -0.369 e. The largest absolute Gasteiger partial charge is 0.369 e. The number of unbranched alkanes of at least 4 members (excludes halogenated alkanes) is 1. The van der Waals surface area contributed by atoms with Crippen LogP contribution in [0.3, 0.4) is 0 Å². The minimum absolute atomic E-state index is 0.147. The summed E-state index contributed by atoms with van der Waals surface area (Å²) in [7, 11) is -2.26. The Balaban J connectivity index is 1.46. The number of benzene rings is 1. The Morgan fingerprint density at radius 3 is 2.40 bits per heavy atom. The third-order valence-electron chi connectivity index (χ3n) is 6.85. The summed E-state index contributed by atoms with van der Waals surface area (Å²) in [5.41, 5.74) is 2.27. The highest BCUT2D eigenvalue weighted by Gasteiger charge is 2.36. The van der Waals surface area contributed by atoms with Crippen molar-refractivity contribution in [1.29, 1.82) is 0 Å². The molecule has 0 bridgehead atoms. The third kappa shape index (κ3) is 5.66. The zero-order valence-corrected chi connectivity index (χ0v) is 22.4. The van der Waals surface area contributed by atoms with E-state index in [2.05, 4.69) is 21.8 Å². The number of piperazine rings is 2. The van der Waals surface area contributed by atoms with E-state index >= 15 is 0 Å². The van der Waals surface area contributed by atoms with E-state index < -0.39 is 10.0 Å². The van der Waals surface area contributed by atoms with E-state index in [1.807, 2.05) is 25.1 Å². The second-order valence-electron chi connectivity index (χ2n) is 9.33. The maximum atomic E-state index is 13.6. The molecule has 1 amide bonds. The smallest absolute Gasteiger partial charge is 0.263 e. The van der Waals surface area contributed by atoms with E-state index in [4.69, 9.17) is 11.6 Å². The normalized spacial score (nSPS) is 18.3. The van der Waals surface area contributed by atoms with Crippen LogP contribution in [0.15, 0.2) is 29.4 Å². The molecule has 1 aromatic carbocycles. The highest BCUT2D eigenvalue weighted by molar-refractivity contribution is 7.89. The van der Waals surface area contributed by atoms with Crippen LogP contribution in [0.25, 0.3) is 0 Å². The van der Waals surface area contributed by atoms with Crippen molar-refractivity contribution in [2.75, 3.05) is 63.8 Å². The average molecular weight is 523 g/mol. The summed E-state index contributed by atoms with van der Waals surface area (Å²) in [5, 5.41) is 4.74. The molecule has 1 aromatic heterocycles. The maximum absolute atomic E-state index is 13.6. The standard InChI is InChI=1S/C24H35ClN6O3S/c1-4-5-8-28-9-11-30(12-10-28)24(32)21-18-27(3)26-23(21)35(33,34)31-15-13-29(14-16-31)22-17-20(25)7-6-19(22)2/h6-7,17-18H,4-5,8-16H2,1-3H3. The highest BCUT2D eigenvalue weighted by Crippen LogP contribution is 2.27. The fourth-order valence-electron chi connectivity index (χ4n) is 4.75. The number of anilines is 1. The van der Waals surface area contributed by atoms with Crippen LogP contribution in [0, 0.1) is 6.92 Å². The lowest BCUT2D eigenvalue weighted by molar-refractivity contribution is 0.0631. The van der Waals surface area contributed by atoms with Crippen LogP contribution < -0.4 is 4.90 Å². The van der Waals surface area contributed by atoms with Gasteiger partial charge in [0, 0.05) is 76.3 Å². The number of carbonyl (C=O) groups excluding carboxylic acids is 1. The summed E-state index contributed by atoms with van der Waals surface area (Å²) in [6.45, 7) is 9.72. The molecule has 11 heteroatoms.